The Morgan fingerprint density at radius 2 is 1.69 bits per heavy atom. The molecule has 3 rings (SSSR count). The molecule has 0 atom stereocenters. The van der Waals surface area contributed by atoms with Crippen LogP contribution in [0.15, 0.2) is 59.6 Å². The van der Waals surface area contributed by atoms with E-state index in [-0.39, 0.29) is 42.2 Å². The number of hydrogen-bond donors (Lipinski definition) is 2. The van der Waals surface area contributed by atoms with Gasteiger partial charge in [0.1, 0.15) is 12.4 Å². The second-order valence-electron chi connectivity index (χ2n) is 6.71. The molecular weight excluding hydrogens is 484 g/mol. The molecule has 2 aromatic rings. The average Bonchev–Trinajstić information content (AvgIpc) is 2.73. The summed E-state index contributed by atoms with van der Waals surface area (Å²) in [5.41, 5.74) is 8.23. The number of anilines is 1. The van der Waals surface area contributed by atoms with E-state index in [4.69, 9.17) is 5.73 Å². The van der Waals surface area contributed by atoms with Crippen LogP contribution in [0.3, 0.4) is 0 Å². The highest BCUT2D eigenvalue weighted by molar-refractivity contribution is 14.0. The Morgan fingerprint density at radius 1 is 1.03 bits per heavy atom. The molecule has 1 aliphatic rings. The molecule has 1 aliphatic heterocycles. The van der Waals surface area contributed by atoms with Crippen LogP contribution in [-0.2, 0) is 11.2 Å². The van der Waals surface area contributed by atoms with Crippen LogP contribution in [0.1, 0.15) is 5.56 Å². The molecule has 1 heterocycles. The first kappa shape index (κ1) is 22.9. The summed E-state index contributed by atoms with van der Waals surface area (Å²) in [5.74, 6) is 0.0154. The van der Waals surface area contributed by atoms with Gasteiger partial charge >= 0.3 is 0 Å². The molecule has 8 heteroatoms. The molecule has 0 radical (unpaired) electrons. The number of nitrogens with two attached hydrogens (primary N) is 1. The Labute approximate surface area is 188 Å². The van der Waals surface area contributed by atoms with Crippen molar-refractivity contribution in [3.8, 4) is 0 Å². The number of nitrogens with zero attached hydrogens (tertiary/aromatic N) is 3. The fourth-order valence-corrected chi connectivity index (χ4v) is 3.15. The molecule has 0 unspecified atom stereocenters. The maximum absolute atomic E-state index is 13.0. The topological polar surface area (TPSA) is 74.0 Å². The number of carbonyl (C=O) groups is 1. The van der Waals surface area contributed by atoms with Gasteiger partial charge in [0.05, 0.1) is 0 Å². The normalized spacial score (nSPS) is 14.3. The zero-order valence-electron chi connectivity index (χ0n) is 16.3. The number of amides is 1. The number of hydrogen-bond acceptors (Lipinski definition) is 3. The number of aliphatic imine (C=N–C) groups is 1. The van der Waals surface area contributed by atoms with Crippen molar-refractivity contribution < 1.29 is 9.18 Å². The lowest BCUT2D eigenvalue weighted by Crippen LogP contribution is -2.51. The van der Waals surface area contributed by atoms with Crippen LogP contribution in [0, 0.1) is 5.82 Å². The summed E-state index contributed by atoms with van der Waals surface area (Å²) in [4.78, 5) is 20.3. The number of benzene rings is 2. The molecule has 29 heavy (non-hydrogen) atoms. The van der Waals surface area contributed by atoms with Crippen molar-refractivity contribution in [1.82, 2.24) is 10.2 Å². The van der Waals surface area contributed by atoms with Gasteiger partial charge in [-0.25, -0.2) is 9.38 Å². The number of piperazine rings is 1. The summed E-state index contributed by atoms with van der Waals surface area (Å²) >= 11 is 0. The van der Waals surface area contributed by atoms with E-state index in [2.05, 4.69) is 15.2 Å². The quantitative estimate of drug-likeness (QED) is 0.355. The zero-order chi connectivity index (χ0) is 19.8. The van der Waals surface area contributed by atoms with Crippen LogP contribution in [0.4, 0.5) is 10.1 Å². The maximum Gasteiger partial charge on any atom is 0.241 e. The van der Waals surface area contributed by atoms with Gasteiger partial charge in [0.25, 0.3) is 0 Å². The van der Waals surface area contributed by atoms with Gasteiger partial charge in [-0.2, -0.15) is 0 Å². The minimum absolute atomic E-state index is 0. The second-order valence-corrected chi connectivity index (χ2v) is 6.71. The SMILES string of the molecule is I.NC(=NCC(=O)NCCc1ccccc1)N1CCN(c2ccc(F)cc2)CC1. The maximum atomic E-state index is 13.0. The predicted molar refractivity (Wildman–Crippen MR) is 125 cm³/mol. The Hall–Kier alpha value is -2.36. The minimum atomic E-state index is -0.235. The largest absolute Gasteiger partial charge is 0.370 e. The molecule has 1 saturated heterocycles. The first-order chi connectivity index (χ1) is 13.6. The van der Waals surface area contributed by atoms with Crippen LogP contribution in [0.5, 0.6) is 0 Å². The van der Waals surface area contributed by atoms with Crippen LogP contribution in [0.2, 0.25) is 0 Å². The number of guanidine groups is 1. The van der Waals surface area contributed by atoms with Crippen LogP contribution in [0.25, 0.3) is 0 Å². The first-order valence-corrected chi connectivity index (χ1v) is 9.48. The number of rotatable bonds is 6. The van der Waals surface area contributed by atoms with E-state index in [1.807, 2.05) is 35.2 Å². The summed E-state index contributed by atoms with van der Waals surface area (Å²) in [7, 11) is 0. The van der Waals surface area contributed by atoms with E-state index in [0.29, 0.717) is 25.6 Å². The molecule has 0 saturated carbocycles. The third-order valence-corrected chi connectivity index (χ3v) is 4.76. The summed E-state index contributed by atoms with van der Waals surface area (Å²) in [6.07, 6.45) is 0.789. The molecule has 1 amide bonds. The molecule has 3 N–H and O–H groups in total. The molecular formula is C21H27FIN5O. The lowest BCUT2D eigenvalue weighted by atomic mass is 10.1. The van der Waals surface area contributed by atoms with Crippen molar-refractivity contribution in [1.29, 1.82) is 0 Å². The molecule has 0 aromatic heterocycles. The Balaban J connectivity index is 0.00000300. The molecule has 2 aromatic carbocycles. The highest BCUT2D eigenvalue weighted by Gasteiger charge is 2.18. The van der Waals surface area contributed by atoms with Crippen LogP contribution in [-0.4, -0.2) is 56.0 Å². The van der Waals surface area contributed by atoms with Gasteiger partial charge in [-0.15, -0.1) is 24.0 Å². The van der Waals surface area contributed by atoms with Gasteiger partial charge in [-0.1, -0.05) is 30.3 Å². The van der Waals surface area contributed by atoms with Gasteiger partial charge in [-0.05, 0) is 36.2 Å². The molecule has 0 bridgehead atoms. The van der Waals surface area contributed by atoms with Crippen LogP contribution < -0.4 is 16.0 Å². The summed E-state index contributed by atoms with van der Waals surface area (Å²) in [6.45, 7) is 3.56. The van der Waals surface area contributed by atoms with E-state index >= 15 is 0 Å². The van der Waals surface area contributed by atoms with E-state index in [9.17, 15) is 9.18 Å². The standard InChI is InChI=1S/C21H26FN5O.HI/c22-18-6-8-19(9-7-18)26-12-14-27(15-13-26)21(23)25-16-20(28)24-11-10-17-4-2-1-3-5-17;/h1-9H,10-16H2,(H2,23,25)(H,24,28);1H. The highest BCUT2D eigenvalue weighted by Crippen LogP contribution is 2.16. The van der Waals surface area contributed by atoms with Crippen LogP contribution >= 0.6 is 24.0 Å². The third kappa shape index (κ3) is 7.19. The molecule has 0 aliphatic carbocycles. The van der Waals surface area contributed by atoms with Crippen molar-refractivity contribution in [3.05, 3.63) is 66.0 Å². The minimum Gasteiger partial charge on any atom is -0.370 e. The first-order valence-electron chi connectivity index (χ1n) is 9.48. The fourth-order valence-electron chi connectivity index (χ4n) is 3.15. The van der Waals surface area contributed by atoms with E-state index < -0.39 is 0 Å². The highest BCUT2D eigenvalue weighted by atomic mass is 127. The van der Waals surface area contributed by atoms with Gasteiger partial charge in [0.2, 0.25) is 5.91 Å². The smallest absolute Gasteiger partial charge is 0.241 e. The van der Waals surface area contributed by atoms with E-state index in [1.165, 1.54) is 17.7 Å². The average molecular weight is 511 g/mol. The second kappa shape index (κ2) is 11.6. The summed E-state index contributed by atoms with van der Waals surface area (Å²) < 4.78 is 13.0. The monoisotopic (exact) mass is 511 g/mol. The fraction of sp³-hybridized carbons (Fsp3) is 0.333. The van der Waals surface area contributed by atoms with E-state index in [0.717, 1.165) is 25.2 Å². The molecule has 6 nitrogen and oxygen atoms in total. The Kier molecular flexibility index (Phi) is 9.17. The predicted octanol–water partition coefficient (Wildman–Crippen LogP) is 2.24. The van der Waals surface area contributed by atoms with Gasteiger partial charge in [-0.3, -0.25) is 4.79 Å². The number of nitrogens with one attached hydrogen (secondary N) is 1. The molecule has 156 valence electrons. The summed E-state index contributed by atoms with van der Waals surface area (Å²) in [5, 5.41) is 2.86. The van der Waals surface area contributed by atoms with Gasteiger partial charge < -0.3 is 20.9 Å². The molecule has 0 spiro atoms. The van der Waals surface area contributed by atoms with E-state index in [1.54, 1.807) is 12.1 Å². The number of halogens is 2. The zero-order valence-corrected chi connectivity index (χ0v) is 18.6. The van der Waals surface area contributed by atoms with Crippen molar-refractivity contribution in [3.63, 3.8) is 0 Å². The van der Waals surface area contributed by atoms with Crippen molar-refractivity contribution in [2.45, 2.75) is 6.42 Å². The lowest BCUT2D eigenvalue weighted by Gasteiger charge is -2.36. The Bertz CT molecular complexity index is 792. The van der Waals surface area contributed by atoms with Crippen molar-refractivity contribution in [2.75, 3.05) is 44.2 Å². The van der Waals surface area contributed by atoms with Gasteiger partial charge in [0, 0.05) is 38.4 Å². The Morgan fingerprint density at radius 3 is 2.34 bits per heavy atom. The molecule has 1 fully saturated rings. The van der Waals surface area contributed by atoms with Crippen molar-refractivity contribution in [2.24, 2.45) is 10.7 Å². The van der Waals surface area contributed by atoms with Crippen molar-refractivity contribution >= 4 is 41.5 Å². The lowest BCUT2D eigenvalue weighted by molar-refractivity contribution is -0.119. The summed E-state index contributed by atoms with van der Waals surface area (Å²) in [6, 6.07) is 16.5. The van der Waals surface area contributed by atoms with Gasteiger partial charge in [0.15, 0.2) is 5.96 Å². The number of carbonyl (C=O) groups excluding carboxylic acids is 1. The third-order valence-electron chi connectivity index (χ3n) is 4.76.